The number of carboxylic acid groups (broad SMARTS) is 1. The maximum Gasteiger partial charge on any atom is 0.325 e. The van der Waals surface area contributed by atoms with Gasteiger partial charge in [-0.3, -0.25) is 9.59 Å². The summed E-state index contributed by atoms with van der Waals surface area (Å²) in [4.78, 5) is 27.0. The summed E-state index contributed by atoms with van der Waals surface area (Å²) < 4.78 is 0. The number of fused-ring (bicyclic) bond motifs is 1. The standard InChI is InChI=1S/C19H22N2O4/c1-11(19(24)25)21-18(23)16-17(22)15-8-7-13(9-14(15)10-20-16)12-5-3-2-4-6-12/h7-12,22H,2-6H2,1H3,(H,21,23)(H,24,25)/t11-/m0/s1. The fourth-order valence-corrected chi connectivity index (χ4v) is 3.41. The molecule has 0 spiro atoms. The summed E-state index contributed by atoms with van der Waals surface area (Å²) in [6.45, 7) is 1.36. The van der Waals surface area contributed by atoms with Crippen molar-refractivity contribution in [2.24, 2.45) is 0 Å². The summed E-state index contributed by atoms with van der Waals surface area (Å²) in [6.07, 6.45) is 7.69. The molecule has 0 radical (unpaired) electrons. The van der Waals surface area contributed by atoms with E-state index >= 15 is 0 Å². The van der Waals surface area contributed by atoms with Gasteiger partial charge < -0.3 is 15.5 Å². The first-order valence-electron chi connectivity index (χ1n) is 8.62. The quantitative estimate of drug-likeness (QED) is 0.792. The molecule has 1 aromatic carbocycles. The second kappa shape index (κ2) is 7.09. The minimum absolute atomic E-state index is 0.161. The largest absolute Gasteiger partial charge is 0.505 e. The highest BCUT2D eigenvalue weighted by Crippen LogP contribution is 2.35. The van der Waals surface area contributed by atoms with Crippen LogP contribution in [-0.4, -0.2) is 33.1 Å². The van der Waals surface area contributed by atoms with Crippen molar-refractivity contribution in [3.8, 4) is 5.75 Å². The molecule has 0 unspecified atom stereocenters. The van der Waals surface area contributed by atoms with Gasteiger partial charge in [0.05, 0.1) is 0 Å². The van der Waals surface area contributed by atoms with Crippen LogP contribution in [0.1, 0.15) is 61.0 Å². The highest BCUT2D eigenvalue weighted by molar-refractivity contribution is 6.02. The summed E-state index contributed by atoms with van der Waals surface area (Å²) in [5, 5.41) is 22.9. The van der Waals surface area contributed by atoms with Gasteiger partial charge in [0, 0.05) is 17.0 Å². The number of carboxylic acids is 1. The summed E-state index contributed by atoms with van der Waals surface area (Å²) in [7, 11) is 0. The number of aliphatic carboxylic acids is 1. The molecule has 132 valence electrons. The van der Waals surface area contributed by atoms with E-state index in [0.717, 1.165) is 5.39 Å². The maximum absolute atomic E-state index is 12.1. The zero-order valence-corrected chi connectivity index (χ0v) is 14.2. The molecule has 1 aliphatic rings. The number of hydrogen-bond donors (Lipinski definition) is 3. The Morgan fingerprint density at radius 1 is 1.24 bits per heavy atom. The molecule has 1 fully saturated rings. The average Bonchev–Trinajstić information content (AvgIpc) is 2.62. The highest BCUT2D eigenvalue weighted by Gasteiger charge is 2.21. The van der Waals surface area contributed by atoms with E-state index in [0.29, 0.717) is 11.3 Å². The number of carbonyl (C=O) groups excluding carboxylic acids is 1. The van der Waals surface area contributed by atoms with E-state index in [1.807, 2.05) is 18.2 Å². The van der Waals surface area contributed by atoms with Crippen molar-refractivity contribution in [3.63, 3.8) is 0 Å². The minimum Gasteiger partial charge on any atom is -0.505 e. The zero-order chi connectivity index (χ0) is 18.0. The molecule has 1 atom stereocenters. The second-order valence-electron chi connectivity index (χ2n) is 6.67. The molecule has 3 N–H and O–H groups in total. The Morgan fingerprint density at radius 2 is 1.96 bits per heavy atom. The number of hydrogen-bond acceptors (Lipinski definition) is 4. The van der Waals surface area contributed by atoms with E-state index < -0.39 is 17.9 Å². The van der Waals surface area contributed by atoms with Gasteiger partial charge in [-0.05, 0) is 37.3 Å². The van der Waals surface area contributed by atoms with E-state index in [-0.39, 0.29) is 11.4 Å². The zero-order valence-electron chi connectivity index (χ0n) is 14.2. The monoisotopic (exact) mass is 342 g/mol. The van der Waals surface area contributed by atoms with Crippen LogP contribution in [-0.2, 0) is 4.79 Å². The highest BCUT2D eigenvalue weighted by atomic mass is 16.4. The fraction of sp³-hybridized carbons (Fsp3) is 0.421. The van der Waals surface area contributed by atoms with Gasteiger partial charge in [0.15, 0.2) is 11.4 Å². The van der Waals surface area contributed by atoms with Crippen LogP contribution in [0.25, 0.3) is 10.8 Å². The predicted octanol–water partition coefficient (Wildman–Crippen LogP) is 3.19. The molecule has 25 heavy (non-hydrogen) atoms. The van der Waals surface area contributed by atoms with Crippen LogP contribution in [0.15, 0.2) is 24.4 Å². The fourth-order valence-electron chi connectivity index (χ4n) is 3.41. The first-order valence-corrected chi connectivity index (χ1v) is 8.62. The molecule has 6 heteroatoms. The van der Waals surface area contributed by atoms with Gasteiger partial charge in [-0.15, -0.1) is 0 Å². The number of aromatic nitrogens is 1. The van der Waals surface area contributed by atoms with E-state index in [2.05, 4.69) is 10.3 Å². The molecule has 3 rings (SSSR count). The molecule has 6 nitrogen and oxygen atoms in total. The number of benzene rings is 1. The third-order valence-corrected chi connectivity index (χ3v) is 4.90. The van der Waals surface area contributed by atoms with Crippen LogP contribution in [0.2, 0.25) is 0 Å². The summed E-state index contributed by atoms with van der Waals surface area (Å²) in [6, 6.07) is 4.78. The van der Waals surface area contributed by atoms with E-state index in [4.69, 9.17) is 5.11 Å². The van der Waals surface area contributed by atoms with Crippen LogP contribution >= 0.6 is 0 Å². The van der Waals surface area contributed by atoms with Crippen LogP contribution in [0.4, 0.5) is 0 Å². The minimum atomic E-state index is -1.15. The average molecular weight is 342 g/mol. The second-order valence-corrected chi connectivity index (χ2v) is 6.67. The van der Waals surface area contributed by atoms with Gasteiger partial charge in [0.2, 0.25) is 0 Å². The Kier molecular flexibility index (Phi) is 4.88. The third kappa shape index (κ3) is 3.57. The van der Waals surface area contributed by atoms with Crippen LogP contribution in [0.5, 0.6) is 5.75 Å². The Morgan fingerprint density at radius 3 is 2.64 bits per heavy atom. The normalized spacial score (nSPS) is 16.5. The molecule has 2 aromatic rings. The van der Waals surface area contributed by atoms with Crippen molar-refractivity contribution in [1.82, 2.24) is 10.3 Å². The van der Waals surface area contributed by atoms with Crippen LogP contribution < -0.4 is 5.32 Å². The number of aromatic hydroxyl groups is 1. The number of rotatable bonds is 4. The van der Waals surface area contributed by atoms with Crippen molar-refractivity contribution < 1.29 is 19.8 Å². The summed E-state index contributed by atoms with van der Waals surface area (Å²) in [5.41, 5.74) is 1.08. The molecule has 1 amide bonds. The predicted molar refractivity (Wildman–Crippen MR) is 93.8 cm³/mol. The molecule has 1 aliphatic carbocycles. The molecule has 1 aromatic heterocycles. The lowest BCUT2D eigenvalue weighted by molar-refractivity contribution is -0.138. The smallest absolute Gasteiger partial charge is 0.325 e. The van der Waals surface area contributed by atoms with E-state index in [9.17, 15) is 14.7 Å². The molecular formula is C19H22N2O4. The maximum atomic E-state index is 12.1. The van der Waals surface area contributed by atoms with Gasteiger partial charge in [-0.25, -0.2) is 4.98 Å². The first-order chi connectivity index (χ1) is 12.0. The Balaban J connectivity index is 1.89. The first kappa shape index (κ1) is 17.2. The van der Waals surface area contributed by atoms with Gasteiger partial charge in [-0.2, -0.15) is 0 Å². The number of nitrogens with zero attached hydrogens (tertiary/aromatic N) is 1. The van der Waals surface area contributed by atoms with Crippen LogP contribution in [0, 0.1) is 0 Å². The lowest BCUT2D eigenvalue weighted by atomic mass is 9.83. The SMILES string of the molecule is C[C@H](NC(=O)c1ncc2cc(C3CCCCC3)ccc2c1O)C(=O)O. The van der Waals surface area contributed by atoms with E-state index in [1.54, 1.807) is 6.20 Å². The van der Waals surface area contributed by atoms with Gasteiger partial charge >= 0.3 is 5.97 Å². The van der Waals surface area contributed by atoms with Crippen molar-refractivity contribution in [2.75, 3.05) is 0 Å². The van der Waals surface area contributed by atoms with E-state index in [1.165, 1.54) is 44.6 Å². The summed E-state index contributed by atoms with van der Waals surface area (Å²) >= 11 is 0. The molecular weight excluding hydrogens is 320 g/mol. The van der Waals surface area contributed by atoms with Crippen molar-refractivity contribution in [1.29, 1.82) is 0 Å². The van der Waals surface area contributed by atoms with Crippen LogP contribution in [0.3, 0.4) is 0 Å². The molecule has 0 bridgehead atoms. The third-order valence-electron chi connectivity index (χ3n) is 4.90. The van der Waals surface area contributed by atoms with Crippen molar-refractivity contribution in [3.05, 3.63) is 35.7 Å². The molecule has 0 aliphatic heterocycles. The lowest BCUT2D eigenvalue weighted by Crippen LogP contribution is -2.38. The Labute approximate surface area is 145 Å². The molecule has 1 saturated carbocycles. The topological polar surface area (TPSA) is 99.5 Å². The Hall–Kier alpha value is -2.63. The Bertz CT molecular complexity index is 812. The van der Waals surface area contributed by atoms with Crippen molar-refractivity contribution >= 4 is 22.6 Å². The number of carbonyl (C=O) groups is 2. The number of nitrogens with one attached hydrogen (secondary N) is 1. The van der Waals surface area contributed by atoms with Crippen molar-refractivity contribution in [2.45, 2.75) is 51.0 Å². The molecule has 1 heterocycles. The number of pyridine rings is 1. The molecule has 0 saturated heterocycles. The van der Waals surface area contributed by atoms with Gasteiger partial charge in [0.1, 0.15) is 6.04 Å². The lowest BCUT2D eigenvalue weighted by Gasteiger charge is -2.22. The van der Waals surface area contributed by atoms with Gasteiger partial charge in [0.25, 0.3) is 5.91 Å². The summed E-state index contributed by atoms with van der Waals surface area (Å²) in [5.74, 6) is -1.53. The number of amides is 1. The van der Waals surface area contributed by atoms with Gasteiger partial charge in [-0.1, -0.05) is 31.4 Å².